The van der Waals surface area contributed by atoms with Gasteiger partial charge in [0, 0.05) is 17.3 Å². The Hall–Kier alpha value is 0.400. The van der Waals surface area contributed by atoms with Crippen LogP contribution in [0.3, 0.4) is 0 Å². The predicted molar refractivity (Wildman–Crippen MR) is 52.7 cm³/mol. The van der Waals surface area contributed by atoms with Gasteiger partial charge in [-0.25, -0.2) is 0 Å². The van der Waals surface area contributed by atoms with Crippen molar-refractivity contribution in [1.29, 1.82) is 0 Å². The van der Waals surface area contributed by atoms with Crippen molar-refractivity contribution in [3.63, 3.8) is 0 Å². The van der Waals surface area contributed by atoms with Crippen molar-refractivity contribution >= 4 is 15.9 Å². The Bertz CT molecular complexity index is 157. The summed E-state index contributed by atoms with van der Waals surface area (Å²) in [4.78, 5) is 0. The van der Waals surface area contributed by atoms with Gasteiger partial charge in [-0.1, -0.05) is 15.9 Å². The SMILES string of the molecule is BrC[C@H]1C[C@]2(CCCNC2)CO1. The van der Waals surface area contributed by atoms with Crippen LogP contribution in [0.15, 0.2) is 0 Å². The fourth-order valence-electron chi connectivity index (χ4n) is 2.32. The lowest BCUT2D eigenvalue weighted by molar-refractivity contribution is 0.0997. The lowest BCUT2D eigenvalue weighted by Crippen LogP contribution is -2.40. The summed E-state index contributed by atoms with van der Waals surface area (Å²) in [5.74, 6) is 0. The molecule has 0 saturated carbocycles. The summed E-state index contributed by atoms with van der Waals surface area (Å²) in [7, 11) is 0. The lowest BCUT2D eigenvalue weighted by atomic mass is 9.79. The molecule has 2 aliphatic rings. The smallest absolute Gasteiger partial charge is 0.0678 e. The largest absolute Gasteiger partial charge is 0.377 e. The highest BCUT2D eigenvalue weighted by Gasteiger charge is 2.40. The molecular formula is C9H16BrNO. The molecule has 1 spiro atoms. The third kappa shape index (κ3) is 1.68. The molecular weight excluding hydrogens is 218 g/mol. The molecule has 0 amide bonds. The van der Waals surface area contributed by atoms with E-state index in [2.05, 4.69) is 21.2 Å². The first-order chi connectivity index (χ1) is 5.85. The van der Waals surface area contributed by atoms with Crippen LogP contribution in [-0.4, -0.2) is 31.1 Å². The number of rotatable bonds is 1. The molecule has 2 fully saturated rings. The van der Waals surface area contributed by atoms with Crippen LogP contribution in [0.2, 0.25) is 0 Å². The maximum absolute atomic E-state index is 5.71. The molecule has 1 N–H and O–H groups in total. The Balaban J connectivity index is 1.94. The van der Waals surface area contributed by atoms with Gasteiger partial charge in [-0.15, -0.1) is 0 Å². The van der Waals surface area contributed by atoms with E-state index in [0.29, 0.717) is 11.5 Å². The van der Waals surface area contributed by atoms with Gasteiger partial charge in [0.2, 0.25) is 0 Å². The highest BCUT2D eigenvalue weighted by Crippen LogP contribution is 2.38. The molecule has 2 aliphatic heterocycles. The molecule has 0 aliphatic carbocycles. The predicted octanol–water partition coefficient (Wildman–Crippen LogP) is 1.54. The van der Waals surface area contributed by atoms with Gasteiger partial charge in [-0.3, -0.25) is 0 Å². The van der Waals surface area contributed by atoms with E-state index in [1.54, 1.807) is 0 Å². The van der Waals surface area contributed by atoms with E-state index in [4.69, 9.17) is 4.74 Å². The van der Waals surface area contributed by atoms with Crippen molar-refractivity contribution in [3.8, 4) is 0 Å². The summed E-state index contributed by atoms with van der Waals surface area (Å²) in [6, 6.07) is 0. The van der Waals surface area contributed by atoms with Crippen LogP contribution in [0.4, 0.5) is 0 Å². The summed E-state index contributed by atoms with van der Waals surface area (Å²) in [5, 5.41) is 4.46. The van der Waals surface area contributed by atoms with Gasteiger partial charge in [0.25, 0.3) is 0 Å². The normalized spacial score (nSPS) is 42.2. The molecule has 2 rings (SSSR count). The van der Waals surface area contributed by atoms with E-state index < -0.39 is 0 Å². The molecule has 2 heterocycles. The Morgan fingerprint density at radius 2 is 2.50 bits per heavy atom. The summed E-state index contributed by atoms with van der Waals surface area (Å²) >= 11 is 3.48. The molecule has 2 nitrogen and oxygen atoms in total. The fourth-order valence-corrected chi connectivity index (χ4v) is 2.74. The molecule has 2 saturated heterocycles. The van der Waals surface area contributed by atoms with Crippen molar-refractivity contribution in [3.05, 3.63) is 0 Å². The first-order valence-electron chi connectivity index (χ1n) is 4.73. The summed E-state index contributed by atoms with van der Waals surface area (Å²) in [6.07, 6.45) is 4.37. The van der Waals surface area contributed by atoms with Gasteiger partial charge in [0.05, 0.1) is 12.7 Å². The topological polar surface area (TPSA) is 21.3 Å². The van der Waals surface area contributed by atoms with E-state index in [-0.39, 0.29) is 0 Å². The number of hydrogen-bond acceptors (Lipinski definition) is 2. The van der Waals surface area contributed by atoms with Crippen LogP contribution in [0.25, 0.3) is 0 Å². The molecule has 70 valence electrons. The molecule has 2 atom stereocenters. The maximum Gasteiger partial charge on any atom is 0.0678 e. The Morgan fingerprint density at radius 1 is 1.58 bits per heavy atom. The quantitative estimate of drug-likeness (QED) is 0.695. The number of piperidine rings is 1. The average molecular weight is 234 g/mol. The van der Waals surface area contributed by atoms with Crippen LogP contribution < -0.4 is 5.32 Å². The average Bonchev–Trinajstić information content (AvgIpc) is 2.50. The second-order valence-electron chi connectivity index (χ2n) is 4.07. The number of hydrogen-bond donors (Lipinski definition) is 1. The molecule has 0 radical (unpaired) electrons. The maximum atomic E-state index is 5.71. The van der Waals surface area contributed by atoms with Gasteiger partial charge in [0.1, 0.15) is 0 Å². The minimum absolute atomic E-state index is 0.463. The van der Waals surface area contributed by atoms with Crippen molar-refractivity contribution in [2.75, 3.05) is 25.0 Å². The number of alkyl halides is 1. The second-order valence-corrected chi connectivity index (χ2v) is 4.72. The zero-order valence-corrected chi connectivity index (χ0v) is 8.90. The second kappa shape index (κ2) is 3.64. The van der Waals surface area contributed by atoms with Gasteiger partial charge in [0.15, 0.2) is 0 Å². The van der Waals surface area contributed by atoms with Crippen molar-refractivity contribution < 1.29 is 4.74 Å². The first-order valence-corrected chi connectivity index (χ1v) is 5.85. The molecule has 0 unspecified atom stereocenters. The van der Waals surface area contributed by atoms with E-state index >= 15 is 0 Å². The van der Waals surface area contributed by atoms with Gasteiger partial charge < -0.3 is 10.1 Å². The fraction of sp³-hybridized carbons (Fsp3) is 1.00. The van der Waals surface area contributed by atoms with Crippen molar-refractivity contribution in [2.24, 2.45) is 5.41 Å². The van der Waals surface area contributed by atoms with Crippen molar-refractivity contribution in [2.45, 2.75) is 25.4 Å². The standard InChI is InChI=1S/C9H16BrNO/c10-5-8-4-9(7-12-8)2-1-3-11-6-9/h8,11H,1-7H2/t8-,9+/m1/s1. The zero-order valence-electron chi connectivity index (χ0n) is 7.31. The first kappa shape index (κ1) is 8.97. The molecule has 12 heavy (non-hydrogen) atoms. The number of ether oxygens (including phenoxy) is 1. The number of nitrogens with one attached hydrogen (secondary N) is 1. The summed E-state index contributed by atoms with van der Waals surface area (Å²) in [6.45, 7) is 3.33. The van der Waals surface area contributed by atoms with Gasteiger partial charge >= 0.3 is 0 Å². The van der Waals surface area contributed by atoms with Gasteiger partial charge in [-0.2, -0.15) is 0 Å². The van der Waals surface area contributed by atoms with Crippen LogP contribution >= 0.6 is 15.9 Å². The molecule has 0 aromatic rings. The van der Waals surface area contributed by atoms with E-state index in [0.717, 1.165) is 18.5 Å². The minimum Gasteiger partial charge on any atom is -0.377 e. The molecule has 0 bridgehead atoms. The van der Waals surface area contributed by atoms with Gasteiger partial charge in [-0.05, 0) is 25.8 Å². The van der Waals surface area contributed by atoms with Crippen LogP contribution in [0, 0.1) is 5.41 Å². The van der Waals surface area contributed by atoms with E-state index in [1.165, 1.54) is 25.8 Å². The summed E-state index contributed by atoms with van der Waals surface area (Å²) in [5.41, 5.74) is 0.483. The van der Waals surface area contributed by atoms with Crippen LogP contribution in [-0.2, 0) is 4.74 Å². The minimum atomic E-state index is 0.463. The Morgan fingerprint density at radius 3 is 3.08 bits per heavy atom. The van der Waals surface area contributed by atoms with Crippen LogP contribution in [0.5, 0.6) is 0 Å². The summed E-state index contributed by atoms with van der Waals surface area (Å²) < 4.78 is 5.71. The molecule has 0 aromatic heterocycles. The zero-order chi connectivity index (χ0) is 8.44. The highest BCUT2D eigenvalue weighted by atomic mass is 79.9. The third-order valence-electron chi connectivity index (χ3n) is 3.02. The Labute approximate surface area is 82.2 Å². The van der Waals surface area contributed by atoms with Crippen molar-refractivity contribution in [1.82, 2.24) is 5.32 Å². The molecule has 0 aromatic carbocycles. The van der Waals surface area contributed by atoms with E-state index in [9.17, 15) is 0 Å². The monoisotopic (exact) mass is 233 g/mol. The highest BCUT2D eigenvalue weighted by molar-refractivity contribution is 9.09. The Kier molecular flexibility index (Phi) is 2.72. The van der Waals surface area contributed by atoms with Crippen LogP contribution in [0.1, 0.15) is 19.3 Å². The number of halogens is 1. The lowest BCUT2D eigenvalue weighted by Gasteiger charge is -2.32. The molecule has 3 heteroatoms. The van der Waals surface area contributed by atoms with E-state index in [1.807, 2.05) is 0 Å². The third-order valence-corrected chi connectivity index (χ3v) is 3.74.